The normalized spacial score (nSPS) is 11.8. The molecule has 0 spiro atoms. The zero-order valence-corrected chi connectivity index (χ0v) is 13.5. The van der Waals surface area contributed by atoms with Crippen LogP contribution in [0.25, 0.3) is 0 Å². The molecule has 3 aromatic rings. The number of aryl methyl sites for hydroxylation is 1. The Balaban J connectivity index is 1.72. The van der Waals surface area contributed by atoms with Gasteiger partial charge in [-0.05, 0) is 46.5 Å². The van der Waals surface area contributed by atoms with Crippen LogP contribution in [-0.4, -0.2) is 10.9 Å². The van der Waals surface area contributed by atoms with E-state index in [-0.39, 0.29) is 11.9 Å². The molecule has 0 saturated heterocycles. The van der Waals surface area contributed by atoms with Crippen molar-refractivity contribution in [2.24, 2.45) is 0 Å². The van der Waals surface area contributed by atoms with E-state index >= 15 is 0 Å². The first kappa shape index (κ1) is 15.4. The molecule has 0 aliphatic carbocycles. The molecule has 0 bridgehead atoms. The number of amides is 1. The van der Waals surface area contributed by atoms with Crippen molar-refractivity contribution in [2.45, 2.75) is 18.9 Å². The average molecular weight is 322 g/mol. The molecule has 1 N–H and O–H groups in total. The first-order valence-electron chi connectivity index (χ1n) is 7.59. The quantitative estimate of drug-likeness (QED) is 0.746. The fraction of sp³-hybridized carbons (Fsp3) is 0.158. The molecule has 0 radical (unpaired) electrons. The smallest absolute Gasteiger partial charge is 0.221 e. The van der Waals surface area contributed by atoms with Crippen LogP contribution in [0.1, 0.15) is 29.3 Å². The van der Waals surface area contributed by atoms with Crippen molar-refractivity contribution in [2.75, 3.05) is 0 Å². The van der Waals surface area contributed by atoms with Gasteiger partial charge in [0, 0.05) is 12.6 Å². The van der Waals surface area contributed by atoms with Crippen LogP contribution in [0.4, 0.5) is 0 Å². The first-order chi connectivity index (χ1) is 11.3. The van der Waals surface area contributed by atoms with Crippen LogP contribution >= 0.6 is 11.3 Å². The molecule has 2 heterocycles. The topological polar surface area (TPSA) is 42.0 Å². The van der Waals surface area contributed by atoms with Crippen LogP contribution in [0, 0.1) is 0 Å². The molecule has 0 aliphatic heterocycles. The third-order valence-electron chi connectivity index (χ3n) is 3.64. The minimum Gasteiger partial charge on any atom is -0.344 e. The summed E-state index contributed by atoms with van der Waals surface area (Å²) in [7, 11) is 0. The molecule has 3 rings (SSSR count). The molecule has 1 aromatic carbocycles. The van der Waals surface area contributed by atoms with Crippen LogP contribution < -0.4 is 5.32 Å². The number of nitrogens with zero attached hydrogens (tertiary/aromatic N) is 1. The van der Waals surface area contributed by atoms with E-state index < -0.39 is 0 Å². The molecular formula is C19H18N2OS. The SMILES string of the molecule is O=C(CCc1ccsc1)N[C@@H](c1ccccc1)c1ccccn1. The number of thiophene rings is 1. The van der Waals surface area contributed by atoms with Crippen molar-refractivity contribution in [3.63, 3.8) is 0 Å². The number of carbonyl (C=O) groups is 1. The molecule has 0 aliphatic rings. The Hall–Kier alpha value is -2.46. The molecule has 1 atom stereocenters. The Morgan fingerprint density at radius 1 is 1.09 bits per heavy atom. The Morgan fingerprint density at radius 2 is 1.91 bits per heavy atom. The number of carbonyl (C=O) groups excluding carboxylic acids is 1. The molecule has 2 aromatic heterocycles. The second-order valence-corrected chi connectivity index (χ2v) is 6.08. The summed E-state index contributed by atoms with van der Waals surface area (Å²) in [4.78, 5) is 16.8. The minimum atomic E-state index is -0.215. The number of pyridine rings is 1. The lowest BCUT2D eigenvalue weighted by atomic mass is 10.0. The second kappa shape index (κ2) is 7.70. The zero-order chi connectivity index (χ0) is 15.9. The summed E-state index contributed by atoms with van der Waals surface area (Å²) in [5, 5.41) is 7.23. The summed E-state index contributed by atoms with van der Waals surface area (Å²) >= 11 is 1.66. The molecule has 4 heteroatoms. The van der Waals surface area contributed by atoms with Gasteiger partial charge in [-0.15, -0.1) is 0 Å². The minimum absolute atomic E-state index is 0.0377. The highest BCUT2D eigenvalue weighted by atomic mass is 32.1. The van der Waals surface area contributed by atoms with Crippen LogP contribution in [0.5, 0.6) is 0 Å². The van der Waals surface area contributed by atoms with Gasteiger partial charge in [0.2, 0.25) is 5.91 Å². The third-order valence-corrected chi connectivity index (χ3v) is 4.37. The van der Waals surface area contributed by atoms with E-state index in [1.54, 1.807) is 17.5 Å². The second-order valence-electron chi connectivity index (χ2n) is 5.30. The van der Waals surface area contributed by atoms with Gasteiger partial charge in [-0.3, -0.25) is 9.78 Å². The van der Waals surface area contributed by atoms with E-state index in [0.717, 1.165) is 17.7 Å². The van der Waals surface area contributed by atoms with Crippen LogP contribution in [-0.2, 0) is 11.2 Å². The van der Waals surface area contributed by atoms with E-state index in [4.69, 9.17) is 0 Å². The summed E-state index contributed by atoms with van der Waals surface area (Å²) < 4.78 is 0. The van der Waals surface area contributed by atoms with Gasteiger partial charge in [-0.25, -0.2) is 0 Å². The van der Waals surface area contributed by atoms with Gasteiger partial charge in [0.05, 0.1) is 11.7 Å². The molecule has 1 amide bonds. The van der Waals surface area contributed by atoms with Gasteiger partial charge in [-0.1, -0.05) is 36.4 Å². The molecule has 0 fully saturated rings. The maximum atomic E-state index is 12.4. The van der Waals surface area contributed by atoms with Crippen LogP contribution in [0.2, 0.25) is 0 Å². The van der Waals surface area contributed by atoms with Crippen molar-refractivity contribution in [1.82, 2.24) is 10.3 Å². The molecular weight excluding hydrogens is 304 g/mol. The van der Waals surface area contributed by atoms with Crippen LogP contribution in [0.15, 0.2) is 71.6 Å². The predicted molar refractivity (Wildman–Crippen MR) is 93.3 cm³/mol. The maximum absolute atomic E-state index is 12.4. The predicted octanol–water partition coefficient (Wildman–Crippen LogP) is 3.98. The molecule has 0 saturated carbocycles. The summed E-state index contributed by atoms with van der Waals surface area (Å²) in [5.41, 5.74) is 3.09. The summed E-state index contributed by atoms with van der Waals surface area (Å²) in [6.45, 7) is 0. The number of hydrogen-bond acceptors (Lipinski definition) is 3. The molecule has 23 heavy (non-hydrogen) atoms. The van der Waals surface area contributed by atoms with Crippen LogP contribution in [0.3, 0.4) is 0 Å². The number of aromatic nitrogens is 1. The van der Waals surface area contributed by atoms with E-state index in [2.05, 4.69) is 21.7 Å². The maximum Gasteiger partial charge on any atom is 0.221 e. The lowest BCUT2D eigenvalue weighted by Crippen LogP contribution is -2.30. The lowest BCUT2D eigenvalue weighted by Gasteiger charge is -2.18. The van der Waals surface area contributed by atoms with Gasteiger partial charge < -0.3 is 5.32 Å². The fourth-order valence-electron chi connectivity index (χ4n) is 2.45. The number of rotatable bonds is 6. The van der Waals surface area contributed by atoms with Crippen molar-refractivity contribution in [3.8, 4) is 0 Å². The van der Waals surface area contributed by atoms with E-state index in [9.17, 15) is 4.79 Å². The number of hydrogen-bond donors (Lipinski definition) is 1. The highest BCUT2D eigenvalue weighted by molar-refractivity contribution is 7.07. The van der Waals surface area contributed by atoms with Gasteiger partial charge >= 0.3 is 0 Å². The Morgan fingerprint density at radius 3 is 2.61 bits per heavy atom. The molecule has 116 valence electrons. The van der Waals surface area contributed by atoms with Crippen molar-refractivity contribution < 1.29 is 4.79 Å². The Labute approximate surface area is 140 Å². The largest absolute Gasteiger partial charge is 0.344 e. The lowest BCUT2D eigenvalue weighted by molar-refractivity contribution is -0.121. The fourth-order valence-corrected chi connectivity index (χ4v) is 3.15. The summed E-state index contributed by atoms with van der Waals surface area (Å²) in [5.74, 6) is 0.0377. The monoisotopic (exact) mass is 322 g/mol. The highest BCUT2D eigenvalue weighted by Gasteiger charge is 2.17. The van der Waals surface area contributed by atoms with Crippen molar-refractivity contribution >= 4 is 17.2 Å². The third kappa shape index (κ3) is 4.27. The number of benzene rings is 1. The summed E-state index contributed by atoms with van der Waals surface area (Å²) in [6.07, 6.45) is 2.99. The van der Waals surface area contributed by atoms with Gasteiger partial charge in [0.25, 0.3) is 0 Å². The number of nitrogens with one attached hydrogen (secondary N) is 1. The van der Waals surface area contributed by atoms with E-state index in [1.807, 2.05) is 53.9 Å². The van der Waals surface area contributed by atoms with E-state index in [0.29, 0.717) is 6.42 Å². The molecule has 3 nitrogen and oxygen atoms in total. The van der Waals surface area contributed by atoms with Crippen molar-refractivity contribution in [3.05, 3.63) is 88.4 Å². The average Bonchev–Trinajstić information content (AvgIpc) is 3.13. The van der Waals surface area contributed by atoms with Gasteiger partial charge in [-0.2, -0.15) is 11.3 Å². The van der Waals surface area contributed by atoms with Gasteiger partial charge in [0.1, 0.15) is 0 Å². The highest BCUT2D eigenvalue weighted by Crippen LogP contribution is 2.20. The first-order valence-corrected chi connectivity index (χ1v) is 8.53. The Bertz CT molecular complexity index is 687. The van der Waals surface area contributed by atoms with Crippen molar-refractivity contribution in [1.29, 1.82) is 0 Å². The molecule has 0 unspecified atom stereocenters. The van der Waals surface area contributed by atoms with E-state index in [1.165, 1.54) is 5.56 Å². The standard InChI is InChI=1S/C19H18N2OS/c22-18(10-9-15-11-13-23-14-15)21-19(16-6-2-1-3-7-16)17-8-4-5-12-20-17/h1-8,11-14,19H,9-10H2,(H,21,22)/t19-/m0/s1. The zero-order valence-electron chi connectivity index (χ0n) is 12.7. The van der Waals surface area contributed by atoms with Gasteiger partial charge in [0.15, 0.2) is 0 Å². The Kier molecular flexibility index (Phi) is 5.17. The summed E-state index contributed by atoms with van der Waals surface area (Å²) in [6, 6.07) is 17.6.